The second kappa shape index (κ2) is 8.73. The predicted octanol–water partition coefficient (Wildman–Crippen LogP) is 3.74. The molecule has 0 N–H and O–H groups in total. The van der Waals surface area contributed by atoms with Gasteiger partial charge in [-0.25, -0.2) is 0 Å². The van der Waals surface area contributed by atoms with Crippen molar-refractivity contribution in [3.8, 4) is 11.8 Å². The smallest absolute Gasteiger partial charge is 0.121 e. The zero-order valence-corrected chi connectivity index (χ0v) is 13.4. The van der Waals surface area contributed by atoms with Crippen LogP contribution in [-0.4, -0.2) is 24.3 Å². The van der Waals surface area contributed by atoms with Gasteiger partial charge in [0.05, 0.1) is 0 Å². The van der Waals surface area contributed by atoms with E-state index in [2.05, 4.69) is 60.4 Å². The molecule has 1 aromatic rings. The maximum absolute atomic E-state index is 10.5. The van der Waals surface area contributed by atoms with Gasteiger partial charge < -0.3 is 4.79 Å². The molecule has 0 aromatic carbocycles. The van der Waals surface area contributed by atoms with Crippen molar-refractivity contribution in [2.45, 2.75) is 33.7 Å². The van der Waals surface area contributed by atoms with Gasteiger partial charge in [0, 0.05) is 31.5 Å². The first kappa shape index (κ1) is 16.7. The van der Waals surface area contributed by atoms with E-state index in [1.54, 1.807) is 11.3 Å². The zero-order valence-electron chi connectivity index (χ0n) is 12.6. The van der Waals surface area contributed by atoms with Crippen molar-refractivity contribution in [2.24, 2.45) is 5.41 Å². The summed E-state index contributed by atoms with van der Waals surface area (Å²) in [5.41, 5.74) is 1.34. The summed E-state index contributed by atoms with van der Waals surface area (Å²) in [6.45, 7) is 8.79. The Bertz CT molecular complexity index is 471. The van der Waals surface area contributed by atoms with Gasteiger partial charge >= 0.3 is 0 Å². The molecule has 0 aliphatic heterocycles. The van der Waals surface area contributed by atoms with Crippen LogP contribution in [0.3, 0.4) is 0 Å². The second-order valence-electron chi connectivity index (χ2n) is 5.74. The summed E-state index contributed by atoms with van der Waals surface area (Å²) in [6.07, 6.45) is 5.53. The molecular formula is C17H23NOS. The minimum absolute atomic E-state index is 0.0399. The lowest BCUT2D eigenvalue weighted by Crippen LogP contribution is -2.24. The highest BCUT2D eigenvalue weighted by Gasteiger charge is 2.04. The average Bonchev–Trinajstić information content (AvgIpc) is 2.86. The fraction of sp³-hybridized carbons (Fsp3) is 0.471. The molecule has 0 atom stereocenters. The van der Waals surface area contributed by atoms with Crippen molar-refractivity contribution in [1.29, 1.82) is 0 Å². The normalized spacial score (nSPS) is 11.6. The van der Waals surface area contributed by atoms with Gasteiger partial charge in [-0.3, -0.25) is 4.90 Å². The van der Waals surface area contributed by atoms with Gasteiger partial charge in [0.25, 0.3) is 0 Å². The van der Waals surface area contributed by atoms with Crippen molar-refractivity contribution in [3.05, 3.63) is 34.5 Å². The standard InChI is InChI=1S/C17H23NOS/c1-17(2,3)9-5-4-6-10-18(11-7-12-19)14-16-8-13-20-15-16/h4,6,8,12-13,15H,7,10-11,14H2,1-3H3/b6-4+. The summed E-state index contributed by atoms with van der Waals surface area (Å²) < 4.78 is 0. The van der Waals surface area contributed by atoms with Crippen LogP contribution in [0, 0.1) is 17.3 Å². The molecule has 0 bridgehead atoms. The number of hydrogen-bond acceptors (Lipinski definition) is 3. The number of allylic oxidation sites excluding steroid dienone is 1. The highest BCUT2D eigenvalue weighted by atomic mass is 32.1. The fourth-order valence-electron chi connectivity index (χ4n) is 1.63. The van der Waals surface area contributed by atoms with Crippen LogP contribution in [-0.2, 0) is 11.3 Å². The Hall–Kier alpha value is -1.37. The first-order valence-electron chi connectivity index (χ1n) is 6.86. The van der Waals surface area contributed by atoms with Gasteiger partial charge in [-0.2, -0.15) is 11.3 Å². The molecule has 0 aliphatic carbocycles. The third kappa shape index (κ3) is 7.93. The SMILES string of the molecule is CC(C)(C)C#C/C=C/CN(CCC=O)Cc1ccsc1. The molecule has 0 saturated carbocycles. The number of carbonyl (C=O) groups excluding carboxylic acids is 1. The van der Waals surface area contributed by atoms with Gasteiger partial charge in [0.2, 0.25) is 0 Å². The number of aldehydes is 1. The van der Waals surface area contributed by atoms with Crippen molar-refractivity contribution >= 4 is 17.6 Å². The summed E-state index contributed by atoms with van der Waals surface area (Å²) >= 11 is 1.70. The van der Waals surface area contributed by atoms with E-state index in [4.69, 9.17) is 0 Å². The molecule has 0 saturated heterocycles. The van der Waals surface area contributed by atoms with Gasteiger partial charge in [-0.1, -0.05) is 17.9 Å². The molecular weight excluding hydrogens is 266 g/mol. The van der Waals surface area contributed by atoms with Crippen molar-refractivity contribution in [1.82, 2.24) is 4.90 Å². The Balaban J connectivity index is 2.49. The Labute approximate surface area is 126 Å². The Morgan fingerprint density at radius 1 is 1.40 bits per heavy atom. The van der Waals surface area contributed by atoms with Crippen molar-refractivity contribution in [2.75, 3.05) is 13.1 Å². The summed E-state index contributed by atoms with van der Waals surface area (Å²) in [6, 6.07) is 2.13. The molecule has 1 aromatic heterocycles. The van der Waals surface area contributed by atoms with Crippen LogP contribution in [0.25, 0.3) is 0 Å². The lowest BCUT2D eigenvalue weighted by molar-refractivity contribution is -0.108. The van der Waals surface area contributed by atoms with E-state index in [-0.39, 0.29) is 5.41 Å². The first-order valence-corrected chi connectivity index (χ1v) is 7.80. The van der Waals surface area contributed by atoms with E-state index in [9.17, 15) is 4.79 Å². The molecule has 1 rings (SSSR count). The lowest BCUT2D eigenvalue weighted by atomic mass is 9.98. The Morgan fingerprint density at radius 3 is 2.80 bits per heavy atom. The van der Waals surface area contributed by atoms with Crippen LogP contribution in [0.4, 0.5) is 0 Å². The molecule has 0 amide bonds. The molecule has 0 unspecified atom stereocenters. The van der Waals surface area contributed by atoms with Crippen LogP contribution in [0.5, 0.6) is 0 Å². The van der Waals surface area contributed by atoms with Gasteiger partial charge in [-0.05, 0) is 49.2 Å². The third-order valence-corrected chi connectivity index (χ3v) is 3.29. The monoisotopic (exact) mass is 289 g/mol. The molecule has 20 heavy (non-hydrogen) atoms. The van der Waals surface area contributed by atoms with Crippen LogP contribution >= 0.6 is 11.3 Å². The van der Waals surface area contributed by atoms with Gasteiger partial charge in [0.15, 0.2) is 0 Å². The average molecular weight is 289 g/mol. The molecule has 0 radical (unpaired) electrons. The number of thiophene rings is 1. The summed E-state index contributed by atoms with van der Waals surface area (Å²) in [5.74, 6) is 6.25. The van der Waals surface area contributed by atoms with Crippen LogP contribution in [0.15, 0.2) is 29.0 Å². The zero-order chi connectivity index (χ0) is 14.8. The molecule has 3 heteroatoms. The number of nitrogens with zero attached hydrogens (tertiary/aromatic N) is 1. The van der Waals surface area contributed by atoms with E-state index in [0.717, 1.165) is 25.9 Å². The number of carbonyl (C=O) groups is 1. The highest BCUT2D eigenvalue weighted by Crippen LogP contribution is 2.10. The molecule has 108 valence electrons. The fourth-order valence-corrected chi connectivity index (χ4v) is 2.29. The van der Waals surface area contributed by atoms with Crippen LogP contribution in [0.2, 0.25) is 0 Å². The van der Waals surface area contributed by atoms with E-state index >= 15 is 0 Å². The molecule has 1 heterocycles. The molecule has 0 fully saturated rings. The van der Waals surface area contributed by atoms with Crippen LogP contribution < -0.4 is 0 Å². The maximum atomic E-state index is 10.5. The van der Waals surface area contributed by atoms with E-state index < -0.39 is 0 Å². The highest BCUT2D eigenvalue weighted by molar-refractivity contribution is 7.07. The third-order valence-electron chi connectivity index (χ3n) is 2.56. The van der Waals surface area contributed by atoms with E-state index in [0.29, 0.717) is 6.42 Å². The Kier molecular flexibility index (Phi) is 7.28. The summed E-state index contributed by atoms with van der Waals surface area (Å²) in [4.78, 5) is 12.8. The largest absolute Gasteiger partial charge is 0.303 e. The predicted molar refractivity (Wildman–Crippen MR) is 86.6 cm³/mol. The Morgan fingerprint density at radius 2 is 2.20 bits per heavy atom. The van der Waals surface area contributed by atoms with E-state index in [1.165, 1.54) is 5.56 Å². The first-order chi connectivity index (χ1) is 9.51. The minimum Gasteiger partial charge on any atom is -0.303 e. The maximum Gasteiger partial charge on any atom is 0.121 e. The summed E-state index contributed by atoms with van der Waals surface area (Å²) in [7, 11) is 0. The second-order valence-corrected chi connectivity index (χ2v) is 6.52. The quantitative estimate of drug-likeness (QED) is 0.563. The van der Waals surface area contributed by atoms with Crippen LogP contribution in [0.1, 0.15) is 32.8 Å². The van der Waals surface area contributed by atoms with E-state index in [1.807, 2.05) is 6.08 Å². The summed E-state index contributed by atoms with van der Waals surface area (Å²) in [5, 5.41) is 4.23. The minimum atomic E-state index is 0.0399. The molecule has 2 nitrogen and oxygen atoms in total. The number of rotatable bonds is 7. The van der Waals surface area contributed by atoms with Crippen molar-refractivity contribution < 1.29 is 4.79 Å². The van der Waals surface area contributed by atoms with Gasteiger partial charge in [0.1, 0.15) is 6.29 Å². The lowest BCUT2D eigenvalue weighted by Gasteiger charge is -2.18. The topological polar surface area (TPSA) is 20.3 Å². The molecule has 0 spiro atoms. The van der Waals surface area contributed by atoms with Gasteiger partial charge in [-0.15, -0.1) is 0 Å². The van der Waals surface area contributed by atoms with Crippen molar-refractivity contribution in [3.63, 3.8) is 0 Å². The number of hydrogen-bond donors (Lipinski definition) is 0. The molecule has 0 aliphatic rings.